The van der Waals surface area contributed by atoms with Crippen molar-refractivity contribution in [3.8, 4) is 5.75 Å². The Morgan fingerprint density at radius 3 is 2.85 bits per heavy atom. The highest BCUT2D eigenvalue weighted by atomic mass is 32.1. The summed E-state index contributed by atoms with van der Waals surface area (Å²) in [5.74, 6) is -1.13. The summed E-state index contributed by atoms with van der Waals surface area (Å²) in [5, 5.41) is 2.69. The molecule has 2 aliphatic rings. The number of rotatable bonds is 4. The Morgan fingerprint density at radius 2 is 2.12 bits per heavy atom. The molecule has 5 N–H and O–H groups in total. The molecule has 0 bridgehead atoms. The molecule has 1 aliphatic carbocycles. The molecule has 3 atom stereocenters. The molecular weight excluding hydrogens is 352 g/mol. The van der Waals surface area contributed by atoms with Gasteiger partial charge in [-0.05, 0) is 37.2 Å². The van der Waals surface area contributed by atoms with Crippen LogP contribution in [0.4, 0.5) is 5.69 Å². The number of nitrogens with one attached hydrogen (secondary N) is 2. The monoisotopic (exact) mass is 376 g/mol. The van der Waals surface area contributed by atoms with Crippen molar-refractivity contribution in [3.63, 3.8) is 0 Å². The second kappa shape index (κ2) is 7.92. The SMILES string of the molecule is COc1cccc(N2C(=O)[C@@H](C=[NH+][C@H]3CCCC[C@H]3[NH3+])C(=O)NC2=S)c1. The molecule has 0 spiro atoms. The number of hydrogen-bond donors (Lipinski definition) is 3. The molecule has 26 heavy (non-hydrogen) atoms. The summed E-state index contributed by atoms with van der Waals surface area (Å²) in [7, 11) is 1.55. The molecule has 1 aliphatic heterocycles. The van der Waals surface area contributed by atoms with Crippen molar-refractivity contribution in [2.75, 3.05) is 12.0 Å². The zero-order chi connectivity index (χ0) is 18.7. The van der Waals surface area contributed by atoms with Gasteiger partial charge in [-0.2, -0.15) is 0 Å². The quantitative estimate of drug-likeness (QED) is 0.348. The molecule has 1 saturated carbocycles. The number of nitrogens with zero attached hydrogens (tertiary/aromatic N) is 1. The maximum atomic E-state index is 13.0. The van der Waals surface area contributed by atoms with Crippen molar-refractivity contribution in [1.29, 1.82) is 0 Å². The summed E-state index contributed by atoms with van der Waals surface area (Å²) in [6.45, 7) is 0. The largest absolute Gasteiger partial charge is 0.497 e. The number of ether oxygens (including phenoxy) is 1. The van der Waals surface area contributed by atoms with E-state index in [1.807, 2.05) is 0 Å². The highest BCUT2D eigenvalue weighted by Gasteiger charge is 2.41. The van der Waals surface area contributed by atoms with Crippen LogP contribution in [-0.2, 0) is 9.59 Å². The van der Waals surface area contributed by atoms with Crippen LogP contribution in [0.3, 0.4) is 0 Å². The molecule has 2 fully saturated rings. The molecule has 0 aromatic heterocycles. The molecule has 0 radical (unpaired) electrons. The van der Waals surface area contributed by atoms with E-state index < -0.39 is 11.8 Å². The third kappa shape index (κ3) is 3.76. The van der Waals surface area contributed by atoms with Gasteiger partial charge < -0.3 is 15.8 Å². The second-order valence-corrected chi connectivity index (χ2v) is 7.02. The van der Waals surface area contributed by atoms with Crippen LogP contribution in [0.15, 0.2) is 24.3 Å². The van der Waals surface area contributed by atoms with Crippen LogP contribution in [0.25, 0.3) is 0 Å². The minimum absolute atomic E-state index is 0.0746. The van der Waals surface area contributed by atoms with E-state index >= 15 is 0 Å². The van der Waals surface area contributed by atoms with Crippen molar-refractivity contribution in [1.82, 2.24) is 5.32 Å². The topological polar surface area (TPSA) is 100 Å². The fourth-order valence-corrected chi connectivity index (χ4v) is 3.67. The van der Waals surface area contributed by atoms with Gasteiger partial charge in [-0.3, -0.25) is 14.5 Å². The van der Waals surface area contributed by atoms with E-state index in [4.69, 9.17) is 17.0 Å². The lowest BCUT2D eigenvalue weighted by Gasteiger charge is -2.30. The Balaban J connectivity index is 1.83. The van der Waals surface area contributed by atoms with Crippen LogP contribution in [0.5, 0.6) is 5.75 Å². The third-order valence-electron chi connectivity index (χ3n) is 4.90. The summed E-state index contributed by atoms with van der Waals surface area (Å²) in [4.78, 5) is 29.8. The number of carbonyl (C=O) groups is 2. The van der Waals surface area contributed by atoms with E-state index in [-0.39, 0.29) is 23.1 Å². The van der Waals surface area contributed by atoms with Gasteiger partial charge in [0.05, 0.1) is 12.8 Å². The van der Waals surface area contributed by atoms with Crippen LogP contribution in [-0.4, -0.2) is 42.3 Å². The van der Waals surface area contributed by atoms with E-state index in [0.717, 1.165) is 19.3 Å². The lowest BCUT2D eigenvalue weighted by molar-refractivity contribution is -0.576. The minimum atomic E-state index is -0.943. The van der Waals surface area contributed by atoms with E-state index in [0.29, 0.717) is 11.4 Å². The van der Waals surface area contributed by atoms with Gasteiger partial charge in [0, 0.05) is 18.9 Å². The maximum absolute atomic E-state index is 13.0. The number of methoxy groups -OCH3 is 1. The first-order chi connectivity index (χ1) is 12.5. The predicted molar refractivity (Wildman–Crippen MR) is 101 cm³/mol. The van der Waals surface area contributed by atoms with Gasteiger partial charge in [0.25, 0.3) is 5.91 Å². The Kier molecular flexibility index (Phi) is 5.63. The Hall–Kier alpha value is -2.32. The number of thiocarbonyl (C=S) groups is 1. The van der Waals surface area contributed by atoms with Gasteiger partial charge in [-0.25, -0.2) is 4.99 Å². The molecule has 1 aromatic rings. The van der Waals surface area contributed by atoms with Gasteiger partial charge in [0.15, 0.2) is 17.2 Å². The zero-order valence-corrected chi connectivity index (χ0v) is 15.6. The van der Waals surface area contributed by atoms with Crippen molar-refractivity contribution in [2.24, 2.45) is 5.92 Å². The molecule has 1 aromatic carbocycles. The average Bonchev–Trinajstić information content (AvgIpc) is 2.63. The zero-order valence-electron chi connectivity index (χ0n) is 14.7. The molecule has 1 saturated heterocycles. The van der Waals surface area contributed by atoms with Crippen LogP contribution >= 0.6 is 12.2 Å². The summed E-state index contributed by atoms with van der Waals surface area (Å²) in [5.41, 5.74) is 4.72. The average molecular weight is 376 g/mol. The number of benzene rings is 1. The smallest absolute Gasteiger partial charge is 0.256 e. The molecule has 2 amide bonds. The van der Waals surface area contributed by atoms with Gasteiger partial charge >= 0.3 is 0 Å². The Labute approximate surface area is 157 Å². The molecule has 7 nitrogen and oxygen atoms in total. The van der Waals surface area contributed by atoms with Crippen molar-refractivity contribution >= 4 is 41.0 Å². The lowest BCUT2D eigenvalue weighted by Crippen LogP contribution is -2.88. The van der Waals surface area contributed by atoms with E-state index in [1.165, 1.54) is 11.3 Å². The molecule has 3 rings (SSSR count). The first-order valence-corrected chi connectivity index (χ1v) is 9.17. The number of hydrogen-bond acceptors (Lipinski definition) is 4. The maximum Gasteiger partial charge on any atom is 0.256 e. The highest BCUT2D eigenvalue weighted by Crippen LogP contribution is 2.24. The van der Waals surface area contributed by atoms with Gasteiger partial charge in [-0.15, -0.1) is 0 Å². The number of anilines is 1. The van der Waals surface area contributed by atoms with Crippen LogP contribution in [0.1, 0.15) is 25.7 Å². The first kappa shape index (κ1) is 18.5. The fraction of sp³-hybridized carbons (Fsp3) is 0.444. The standard InChI is InChI=1S/C18H22N4O3S/c1-25-12-6-4-5-11(9-12)22-17(24)13(16(23)21-18(22)26)10-20-15-8-3-2-7-14(15)19/h4-6,9-10,13-15H,2-3,7-8,19H2,1H3,(H,21,23,26)/p+2/t13-,14+,15-/m0/s1. The van der Waals surface area contributed by atoms with Crippen molar-refractivity contribution in [2.45, 2.75) is 37.8 Å². The lowest BCUT2D eigenvalue weighted by atomic mass is 9.91. The number of carbonyl (C=O) groups excluding carboxylic acids is 2. The second-order valence-electron chi connectivity index (χ2n) is 6.63. The Morgan fingerprint density at radius 1 is 1.35 bits per heavy atom. The van der Waals surface area contributed by atoms with Crippen LogP contribution in [0.2, 0.25) is 0 Å². The van der Waals surface area contributed by atoms with Gasteiger partial charge in [-0.1, -0.05) is 6.07 Å². The molecule has 138 valence electrons. The molecule has 1 heterocycles. The van der Waals surface area contributed by atoms with E-state index in [2.05, 4.69) is 16.0 Å². The normalized spacial score (nSPS) is 26.9. The number of quaternary nitrogens is 1. The summed E-state index contributed by atoms with van der Waals surface area (Å²) < 4.78 is 5.21. The predicted octanol–water partition coefficient (Wildman–Crippen LogP) is -1.24. The van der Waals surface area contributed by atoms with Gasteiger partial charge in [0.1, 0.15) is 11.8 Å². The van der Waals surface area contributed by atoms with Crippen LogP contribution < -0.4 is 25.7 Å². The number of amides is 2. The van der Waals surface area contributed by atoms with Crippen molar-refractivity contribution < 1.29 is 25.1 Å². The van der Waals surface area contributed by atoms with Crippen molar-refractivity contribution in [3.05, 3.63) is 24.3 Å². The molecular formula is C18H24N4O3S+2. The minimum Gasteiger partial charge on any atom is -0.497 e. The van der Waals surface area contributed by atoms with Gasteiger partial charge in [0.2, 0.25) is 11.9 Å². The molecule has 0 unspecified atom stereocenters. The third-order valence-corrected chi connectivity index (χ3v) is 5.18. The van der Waals surface area contributed by atoms with E-state index in [1.54, 1.807) is 37.6 Å². The van der Waals surface area contributed by atoms with E-state index in [9.17, 15) is 9.59 Å². The summed E-state index contributed by atoms with van der Waals surface area (Å²) >= 11 is 5.21. The first-order valence-electron chi connectivity index (χ1n) is 8.76. The van der Waals surface area contributed by atoms with Crippen LogP contribution in [0, 0.1) is 5.92 Å². The highest BCUT2D eigenvalue weighted by molar-refractivity contribution is 7.80. The summed E-state index contributed by atoms with van der Waals surface area (Å²) in [6.07, 6.45) is 5.93. The molecule has 8 heteroatoms. The fourth-order valence-electron chi connectivity index (χ4n) is 3.38. The Bertz CT molecular complexity index is 752. The summed E-state index contributed by atoms with van der Waals surface area (Å²) in [6, 6.07) is 7.47.